The summed E-state index contributed by atoms with van der Waals surface area (Å²) < 4.78 is 21.2. The number of phosphoric ester groups is 1. The first-order chi connectivity index (χ1) is 16.5. The molecule has 3 aromatic rings. The molecular formula is C26H31N2O6P. The minimum absolute atomic E-state index is 0.0126. The van der Waals surface area contributed by atoms with Crippen LogP contribution in [-0.2, 0) is 20.3 Å². The quantitative estimate of drug-likeness (QED) is 0.286. The number of nitrogens with one attached hydrogen (secondary N) is 1. The summed E-state index contributed by atoms with van der Waals surface area (Å²) in [5.74, 6) is 0.0292. The number of aryl methyl sites for hydroxylation is 1. The Morgan fingerprint density at radius 2 is 1.60 bits per heavy atom. The number of ether oxygens (including phenoxy) is 1. The van der Waals surface area contributed by atoms with Gasteiger partial charge in [-0.3, -0.25) is 9.32 Å². The van der Waals surface area contributed by atoms with Crippen molar-refractivity contribution in [2.75, 3.05) is 11.9 Å². The normalized spacial score (nSPS) is 14.1. The van der Waals surface area contributed by atoms with Gasteiger partial charge in [0.15, 0.2) is 0 Å². The number of carbonyl (C=O) groups excluding carboxylic acids is 1. The SMILES string of the molecule is CC(CCc1ccc(-c2ccccc2)cc1)Oc1ccc(NC(=O)[C@@](C)(N)COP(=O)(O)O)cc1. The average molecular weight is 499 g/mol. The summed E-state index contributed by atoms with van der Waals surface area (Å²) in [6.45, 7) is 2.71. The summed E-state index contributed by atoms with van der Waals surface area (Å²) in [5, 5.41) is 2.61. The Morgan fingerprint density at radius 1 is 1.00 bits per heavy atom. The van der Waals surface area contributed by atoms with Crippen LogP contribution in [0, 0.1) is 0 Å². The lowest BCUT2D eigenvalue weighted by molar-refractivity contribution is -0.121. The molecule has 0 aliphatic heterocycles. The van der Waals surface area contributed by atoms with Crippen LogP contribution in [0.4, 0.5) is 5.69 Å². The lowest BCUT2D eigenvalue weighted by atomic mass is 10.0. The van der Waals surface area contributed by atoms with Gasteiger partial charge in [0, 0.05) is 5.69 Å². The highest BCUT2D eigenvalue weighted by molar-refractivity contribution is 7.46. The van der Waals surface area contributed by atoms with Gasteiger partial charge in [-0.25, -0.2) is 4.57 Å². The van der Waals surface area contributed by atoms with Gasteiger partial charge in [0.1, 0.15) is 11.3 Å². The maximum absolute atomic E-state index is 12.3. The minimum Gasteiger partial charge on any atom is -0.491 e. The number of carbonyl (C=O) groups is 1. The van der Waals surface area contributed by atoms with E-state index in [-0.39, 0.29) is 6.10 Å². The topological polar surface area (TPSA) is 131 Å². The Bertz CT molecular complexity index is 1140. The van der Waals surface area contributed by atoms with E-state index < -0.39 is 25.9 Å². The maximum atomic E-state index is 12.3. The van der Waals surface area contributed by atoms with Gasteiger partial charge in [0.05, 0.1) is 12.7 Å². The van der Waals surface area contributed by atoms with Gasteiger partial charge in [0.25, 0.3) is 0 Å². The van der Waals surface area contributed by atoms with E-state index in [1.165, 1.54) is 23.6 Å². The summed E-state index contributed by atoms with van der Waals surface area (Å²) in [6.07, 6.45) is 1.71. The molecule has 8 nitrogen and oxygen atoms in total. The first-order valence-electron chi connectivity index (χ1n) is 11.2. The number of nitrogens with two attached hydrogens (primary N) is 1. The average Bonchev–Trinajstić information content (AvgIpc) is 2.83. The van der Waals surface area contributed by atoms with Crippen molar-refractivity contribution in [3.8, 4) is 16.9 Å². The highest BCUT2D eigenvalue weighted by atomic mass is 31.2. The van der Waals surface area contributed by atoms with E-state index in [0.29, 0.717) is 11.4 Å². The Labute approximate surface area is 205 Å². The van der Waals surface area contributed by atoms with Gasteiger partial charge in [-0.2, -0.15) is 0 Å². The molecule has 0 aromatic heterocycles. The molecule has 5 N–H and O–H groups in total. The number of benzene rings is 3. The third-order valence-corrected chi connectivity index (χ3v) is 5.87. The van der Waals surface area contributed by atoms with Crippen molar-refractivity contribution in [2.24, 2.45) is 5.73 Å². The van der Waals surface area contributed by atoms with Crippen LogP contribution in [0.15, 0.2) is 78.9 Å². The smallest absolute Gasteiger partial charge is 0.469 e. The van der Waals surface area contributed by atoms with Gasteiger partial charge in [-0.1, -0.05) is 54.6 Å². The molecular weight excluding hydrogens is 467 g/mol. The second kappa shape index (κ2) is 11.6. The number of anilines is 1. The van der Waals surface area contributed by atoms with Crippen LogP contribution in [0.1, 0.15) is 25.8 Å². The fourth-order valence-electron chi connectivity index (χ4n) is 3.33. The molecule has 3 rings (SSSR count). The van der Waals surface area contributed by atoms with Crippen molar-refractivity contribution in [3.05, 3.63) is 84.4 Å². The Hall–Kier alpha value is -3.00. The molecule has 0 aliphatic rings. The molecule has 0 saturated carbocycles. The zero-order valence-electron chi connectivity index (χ0n) is 19.8. The lowest BCUT2D eigenvalue weighted by Gasteiger charge is -2.23. The number of amides is 1. The molecule has 1 unspecified atom stereocenters. The number of phosphoric acid groups is 1. The van der Waals surface area contributed by atoms with Gasteiger partial charge in [-0.15, -0.1) is 0 Å². The molecule has 9 heteroatoms. The Morgan fingerprint density at radius 3 is 2.20 bits per heavy atom. The molecule has 35 heavy (non-hydrogen) atoms. The van der Waals surface area contributed by atoms with Gasteiger partial charge >= 0.3 is 7.82 Å². The molecule has 0 radical (unpaired) electrons. The third kappa shape index (κ3) is 8.62. The zero-order valence-corrected chi connectivity index (χ0v) is 20.7. The monoisotopic (exact) mass is 498 g/mol. The van der Waals surface area contributed by atoms with E-state index in [1.54, 1.807) is 24.3 Å². The van der Waals surface area contributed by atoms with Crippen LogP contribution in [0.5, 0.6) is 5.75 Å². The highest BCUT2D eigenvalue weighted by Gasteiger charge is 2.32. The molecule has 0 saturated heterocycles. The minimum atomic E-state index is -4.72. The van der Waals surface area contributed by atoms with E-state index in [9.17, 15) is 9.36 Å². The van der Waals surface area contributed by atoms with Crippen molar-refractivity contribution in [1.29, 1.82) is 0 Å². The van der Waals surface area contributed by atoms with Crippen molar-refractivity contribution >= 4 is 19.4 Å². The molecule has 0 bridgehead atoms. The summed E-state index contributed by atoms with van der Waals surface area (Å²) in [4.78, 5) is 29.9. The van der Waals surface area contributed by atoms with Crippen LogP contribution in [0.2, 0.25) is 0 Å². The maximum Gasteiger partial charge on any atom is 0.469 e. The number of hydrogen-bond acceptors (Lipinski definition) is 5. The van der Waals surface area contributed by atoms with Crippen molar-refractivity contribution in [3.63, 3.8) is 0 Å². The summed E-state index contributed by atoms with van der Waals surface area (Å²) in [5.41, 5.74) is 8.30. The van der Waals surface area contributed by atoms with Crippen molar-refractivity contribution in [2.45, 2.75) is 38.3 Å². The molecule has 0 fully saturated rings. The van der Waals surface area contributed by atoms with Gasteiger partial charge in [0.2, 0.25) is 5.91 Å². The second-order valence-electron chi connectivity index (χ2n) is 8.69. The van der Waals surface area contributed by atoms with Crippen LogP contribution in [0.3, 0.4) is 0 Å². The largest absolute Gasteiger partial charge is 0.491 e. The number of rotatable bonds is 11. The zero-order chi connectivity index (χ0) is 25.5. The standard InChI is InChI=1S/C26H31N2O6P/c1-19(8-9-20-10-12-22(13-11-20)21-6-4-3-5-7-21)34-24-16-14-23(15-17-24)28-25(29)26(2,27)18-33-35(30,31)32/h3-7,10-17,19H,8-9,18,27H2,1-2H3,(H,28,29)(H2,30,31,32)/t19?,26-/m0/s1. The molecule has 1 amide bonds. The van der Waals surface area contributed by atoms with Gasteiger partial charge in [-0.05, 0) is 67.6 Å². The molecule has 2 atom stereocenters. The van der Waals surface area contributed by atoms with Crippen molar-refractivity contribution < 1.29 is 28.4 Å². The third-order valence-electron chi connectivity index (χ3n) is 5.40. The molecule has 0 spiro atoms. The van der Waals surface area contributed by atoms with E-state index in [1.807, 2.05) is 25.1 Å². The van der Waals surface area contributed by atoms with Crippen LogP contribution in [0.25, 0.3) is 11.1 Å². The Kier molecular flexibility index (Phi) is 8.83. The van der Waals surface area contributed by atoms with Crippen LogP contribution >= 0.6 is 7.82 Å². The molecule has 3 aromatic carbocycles. The predicted octanol–water partition coefficient (Wildman–Crippen LogP) is 4.52. The van der Waals surface area contributed by atoms with E-state index in [2.05, 4.69) is 46.2 Å². The summed E-state index contributed by atoms with van der Waals surface area (Å²) >= 11 is 0. The first kappa shape index (κ1) is 26.6. The van der Waals surface area contributed by atoms with E-state index in [4.69, 9.17) is 20.3 Å². The van der Waals surface area contributed by atoms with Crippen molar-refractivity contribution in [1.82, 2.24) is 0 Å². The van der Waals surface area contributed by atoms with E-state index in [0.717, 1.165) is 12.8 Å². The second-order valence-corrected chi connectivity index (χ2v) is 9.93. The first-order valence-corrected chi connectivity index (χ1v) is 12.8. The predicted molar refractivity (Wildman–Crippen MR) is 136 cm³/mol. The fraction of sp³-hybridized carbons (Fsp3) is 0.269. The lowest BCUT2D eigenvalue weighted by Crippen LogP contribution is -2.52. The molecule has 0 aliphatic carbocycles. The Balaban J connectivity index is 1.47. The summed E-state index contributed by atoms with van der Waals surface area (Å²) in [6, 6.07) is 25.6. The van der Waals surface area contributed by atoms with Gasteiger partial charge < -0.3 is 25.6 Å². The number of hydrogen-bond donors (Lipinski definition) is 4. The fourth-order valence-corrected chi connectivity index (χ4v) is 3.77. The van der Waals surface area contributed by atoms with Crippen LogP contribution < -0.4 is 15.8 Å². The molecule has 0 heterocycles. The highest BCUT2D eigenvalue weighted by Crippen LogP contribution is 2.36. The van der Waals surface area contributed by atoms with Crippen LogP contribution in [-0.4, -0.2) is 33.9 Å². The molecule has 186 valence electrons. The summed E-state index contributed by atoms with van der Waals surface area (Å²) in [7, 11) is -4.72. The van der Waals surface area contributed by atoms with E-state index >= 15 is 0 Å².